The summed E-state index contributed by atoms with van der Waals surface area (Å²) in [5, 5.41) is 2.67. The van der Waals surface area contributed by atoms with Crippen molar-refractivity contribution < 1.29 is 46.6 Å². The number of piperidine rings is 3. The molecule has 0 radical (unpaired) electrons. The van der Waals surface area contributed by atoms with E-state index >= 15 is 0 Å². The first kappa shape index (κ1) is 44.7. The highest BCUT2D eigenvalue weighted by Gasteiger charge is 2.40. The van der Waals surface area contributed by atoms with Crippen molar-refractivity contribution in [1.82, 2.24) is 24.5 Å². The van der Waals surface area contributed by atoms with Gasteiger partial charge in [-0.25, -0.2) is 9.59 Å². The van der Waals surface area contributed by atoms with Crippen molar-refractivity contribution in [2.24, 2.45) is 0 Å². The summed E-state index contributed by atoms with van der Waals surface area (Å²) in [5.74, 6) is -0.754. The smallest absolute Gasteiger partial charge is 0.418 e. The zero-order chi connectivity index (χ0) is 43.1. The summed E-state index contributed by atoms with van der Waals surface area (Å²) in [6.07, 6.45) is -1.32. The number of para-hydroxylation sites is 1. The molecule has 0 bridgehead atoms. The first-order valence-corrected chi connectivity index (χ1v) is 22.0. The normalized spacial score (nSPS) is 21.9. The van der Waals surface area contributed by atoms with Gasteiger partial charge in [-0.15, -0.1) is 0 Å². The number of nitrogen functional groups attached to an aromatic ring is 1. The lowest BCUT2D eigenvalue weighted by atomic mass is 9.94. The Balaban J connectivity index is 0.976. The number of alkyl halides is 3. The minimum Gasteiger partial charge on any atom is -0.464 e. The van der Waals surface area contributed by atoms with E-state index in [4.69, 9.17) is 31.5 Å². The van der Waals surface area contributed by atoms with Gasteiger partial charge in [0.05, 0.1) is 36.1 Å². The molecule has 0 unspecified atom stereocenters. The number of nitrogens with two attached hydrogens (primary N) is 1. The predicted molar refractivity (Wildman–Crippen MR) is 222 cm³/mol. The minimum absolute atomic E-state index is 0.0169. The molecule has 3 N–H and O–H groups in total. The van der Waals surface area contributed by atoms with Crippen LogP contribution in [0.15, 0.2) is 36.4 Å². The quantitative estimate of drug-likeness (QED) is 0.165. The number of urea groups is 1. The van der Waals surface area contributed by atoms with E-state index in [9.17, 15) is 32.3 Å². The Labute approximate surface area is 359 Å². The average molecular weight is 876 g/mol. The summed E-state index contributed by atoms with van der Waals surface area (Å²) < 4.78 is 59.0. The van der Waals surface area contributed by atoms with Gasteiger partial charge in [-0.1, -0.05) is 36.2 Å². The number of nitrogens with zero attached hydrogens (tertiary/aromatic N) is 5. The molecule has 5 aliphatic heterocycles. The average Bonchev–Trinajstić information content (AvgIpc) is 3.43. The topological polar surface area (TPSA) is 150 Å². The SMILES string of the molecule is Nc1c(Cl)cc(C[C@@H](OC(=O)N2CCC(N3CCc4ccccc4NC3=O)CC2)C(=O)N2CCC(N3CCCC[C@H]3C(=O)OCCCN3CCOCC3)CC2)cc1C(F)(F)F. The van der Waals surface area contributed by atoms with Crippen LogP contribution in [0.4, 0.5) is 34.1 Å². The highest BCUT2D eigenvalue weighted by Crippen LogP contribution is 2.38. The number of ether oxygens (including phenoxy) is 3. The molecule has 2 aromatic carbocycles. The van der Waals surface area contributed by atoms with E-state index in [-0.39, 0.29) is 60.2 Å². The Morgan fingerprint density at radius 1 is 0.902 bits per heavy atom. The van der Waals surface area contributed by atoms with Crippen molar-refractivity contribution in [3.05, 3.63) is 58.1 Å². The zero-order valence-corrected chi connectivity index (χ0v) is 35.3. The van der Waals surface area contributed by atoms with Crippen LogP contribution in [-0.4, -0.2) is 151 Å². The second-order valence-corrected chi connectivity index (χ2v) is 17.1. The first-order chi connectivity index (χ1) is 29.4. The molecule has 0 spiro atoms. The fraction of sp³-hybridized carbons (Fsp3) is 0.628. The lowest BCUT2D eigenvalue weighted by molar-refractivity contribution is -0.154. The van der Waals surface area contributed by atoms with E-state index in [1.165, 1.54) is 11.0 Å². The Hall–Kier alpha value is -4.32. The second kappa shape index (κ2) is 20.2. The van der Waals surface area contributed by atoms with Crippen LogP contribution in [0.3, 0.4) is 0 Å². The van der Waals surface area contributed by atoms with Gasteiger partial charge < -0.3 is 40.0 Å². The number of morpholine rings is 1. The molecule has 2 aromatic rings. The number of rotatable bonds is 11. The summed E-state index contributed by atoms with van der Waals surface area (Å²) >= 11 is 6.17. The van der Waals surface area contributed by atoms with E-state index in [2.05, 4.69) is 15.1 Å². The summed E-state index contributed by atoms with van der Waals surface area (Å²) in [5.41, 5.74) is 5.81. The number of hydrogen-bond acceptors (Lipinski definition) is 10. The largest absolute Gasteiger partial charge is 0.464 e. The summed E-state index contributed by atoms with van der Waals surface area (Å²) in [7, 11) is 0. The first-order valence-electron chi connectivity index (χ1n) is 21.6. The third-order valence-corrected chi connectivity index (χ3v) is 13.1. The van der Waals surface area contributed by atoms with Gasteiger partial charge in [-0.3, -0.25) is 19.4 Å². The molecule has 0 aromatic heterocycles. The van der Waals surface area contributed by atoms with Crippen LogP contribution in [0.5, 0.6) is 0 Å². The minimum atomic E-state index is -4.80. The molecule has 5 aliphatic rings. The van der Waals surface area contributed by atoms with Gasteiger partial charge in [0.25, 0.3) is 5.91 Å². The number of anilines is 2. The monoisotopic (exact) mass is 875 g/mol. The zero-order valence-electron chi connectivity index (χ0n) is 34.5. The molecule has 4 fully saturated rings. The van der Waals surface area contributed by atoms with Gasteiger partial charge in [0, 0.05) is 76.5 Å². The lowest BCUT2D eigenvalue weighted by Gasteiger charge is -2.44. The highest BCUT2D eigenvalue weighted by molar-refractivity contribution is 6.33. The number of esters is 1. The molecule has 0 aliphatic carbocycles. The van der Waals surface area contributed by atoms with Crippen LogP contribution in [0.1, 0.15) is 68.1 Å². The van der Waals surface area contributed by atoms with Crippen molar-refractivity contribution in [2.45, 2.75) is 94.6 Å². The van der Waals surface area contributed by atoms with E-state index < -0.39 is 35.5 Å². The standard InChI is InChI=1S/C43H57ClF3N7O7/c44-34-27-29(26-33(38(34)48)43(45,46)47)28-37(61-42(58)52-18-12-32(13-19-52)54-20-9-30-6-1-2-7-35(30)49-41(54)57)39(55)51-16-10-31(11-17-51)53-15-4-3-8-36(53)40(56)60-23-5-14-50-21-24-59-25-22-50/h1-2,6-7,26-27,31-32,36-37H,3-5,8-25,28,48H2,(H,49,57)/t36-,37+/m0/s1. The van der Waals surface area contributed by atoms with E-state index in [0.29, 0.717) is 78.0 Å². The number of hydrogen-bond donors (Lipinski definition) is 2. The van der Waals surface area contributed by atoms with Crippen molar-refractivity contribution in [3.63, 3.8) is 0 Å². The Bertz CT molecular complexity index is 1870. The van der Waals surface area contributed by atoms with Crippen LogP contribution < -0.4 is 11.1 Å². The van der Waals surface area contributed by atoms with Gasteiger partial charge in [0.2, 0.25) is 0 Å². The molecule has 18 heteroatoms. The second-order valence-electron chi connectivity index (χ2n) is 16.6. The number of nitrogens with one attached hydrogen (secondary N) is 1. The van der Waals surface area contributed by atoms with Crippen LogP contribution in [0.25, 0.3) is 0 Å². The molecular weight excluding hydrogens is 819 g/mol. The fourth-order valence-corrected chi connectivity index (χ4v) is 9.60. The molecule has 334 valence electrons. The summed E-state index contributed by atoms with van der Waals surface area (Å²) in [4.78, 5) is 64.0. The molecule has 7 rings (SSSR count). The van der Waals surface area contributed by atoms with E-state index in [1.54, 1.807) is 9.80 Å². The maximum atomic E-state index is 14.3. The van der Waals surface area contributed by atoms with Gasteiger partial charge in [0.1, 0.15) is 6.04 Å². The number of carbonyl (C=O) groups excluding carboxylic acids is 4. The predicted octanol–water partition coefficient (Wildman–Crippen LogP) is 5.65. The fourth-order valence-electron chi connectivity index (χ4n) is 9.36. The molecule has 4 amide bonds. The molecule has 0 saturated carbocycles. The van der Waals surface area contributed by atoms with Crippen LogP contribution in [0, 0.1) is 0 Å². The summed E-state index contributed by atoms with van der Waals surface area (Å²) in [6, 6.07) is 9.09. The molecular formula is C43H57ClF3N7O7. The molecule has 14 nitrogen and oxygen atoms in total. The number of fused-ring (bicyclic) bond motifs is 1. The maximum absolute atomic E-state index is 14.3. The molecule has 4 saturated heterocycles. The van der Waals surface area contributed by atoms with Gasteiger partial charge in [-0.05, 0) is 87.2 Å². The van der Waals surface area contributed by atoms with Crippen molar-refractivity contribution in [1.29, 1.82) is 0 Å². The van der Waals surface area contributed by atoms with Crippen LogP contribution in [-0.2, 0) is 42.8 Å². The molecule has 61 heavy (non-hydrogen) atoms. The number of halogens is 4. The van der Waals surface area contributed by atoms with Crippen LogP contribution >= 0.6 is 11.6 Å². The summed E-state index contributed by atoms with van der Waals surface area (Å²) in [6.45, 7) is 6.74. The lowest BCUT2D eigenvalue weighted by Crippen LogP contribution is -2.56. The van der Waals surface area contributed by atoms with Gasteiger partial charge in [0.15, 0.2) is 6.10 Å². The Kier molecular flexibility index (Phi) is 14.8. The number of carbonyl (C=O) groups is 4. The maximum Gasteiger partial charge on any atom is 0.418 e. The van der Waals surface area contributed by atoms with Crippen molar-refractivity contribution in [2.75, 3.05) is 89.8 Å². The Morgan fingerprint density at radius 2 is 1.61 bits per heavy atom. The Morgan fingerprint density at radius 3 is 2.34 bits per heavy atom. The van der Waals surface area contributed by atoms with E-state index in [1.807, 2.05) is 24.3 Å². The van der Waals surface area contributed by atoms with Gasteiger partial charge >= 0.3 is 24.3 Å². The van der Waals surface area contributed by atoms with Crippen molar-refractivity contribution >= 4 is 47.0 Å². The third kappa shape index (κ3) is 11.2. The van der Waals surface area contributed by atoms with E-state index in [0.717, 1.165) is 62.8 Å². The highest BCUT2D eigenvalue weighted by atomic mass is 35.5. The number of benzene rings is 2. The number of likely N-dealkylation sites (tertiary alicyclic amines) is 3. The van der Waals surface area contributed by atoms with Crippen LogP contribution in [0.2, 0.25) is 5.02 Å². The van der Waals surface area contributed by atoms with Crippen molar-refractivity contribution in [3.8, 4) is 0 Å². The third-order valence-electron chi connectivity index (χ3n) is 12.8. The molecule has 5 heterocycles. The number of amides is 4. The molecule has 2 atom stereocenters. The van der Waals surface area contributed by atoms with Gasteiger partial charge in [-0.2, -0.15) is 13.2 Å².